The van der Waals surface area contributed by atoms with Crippen LogP contribution in [0.15, 0.2) is 48.7 Å². The van der Waals surface area contributed by atoms with Crippen LogP contribution in [0.5, 0.6) is 11.6 Å². The number of para-hydroxylation sites is 1. The smallest absolute Gasteiger partial charge is 0.433 e. The Labute approximate surface area is 129 Å². The van der Waals surface area contributed by atoms with Gasteiger partial charge in [-0.05, 0) is 17.7 Å². The van der Waals surface area contributed by atoms with Crippen molar-refractivity contribution in [2.24, 2.45) is 5.73 Å². The minimum Gasteiger partial charge on any atom is -0.439 e. The van der Waals surface area contributed by atoms with E-state index in [1.165, 1.54) is 6.07 Å². The summed E-state index contributed by atoms with van der Waals surface area (Å²) in [6, 6.07) is 11.1. The summed E-state index contributed by atoms with van der Waals surface area (Å²) in [5.74, 6) is 0.196. The van der Waals surface area contributed by atoms with Crippen molar-refractivity contribution in [1.82, 2.24) is 9.97 Å². The SMILES string of the molecule is NCc1cc(Oc2ccnc(C(F)(F)F)c2)nc2ccccc12. The maximum absolute atomic E-state index is 12.7. The fourth-order valence-corrected chi connectivity index (χ4v) is 2.19. The molecule has 0 amide bonds. The molecule has 1 aromatic carbocycles. The van der Waals surface area contributed by atoms with Gasteiger partial charge in [-0.3, -0.25) is 4.98 Å². The van der Waals surface area contributed by atoms with Crippen LogP contribution in [0.4, 0.5) is 13.2 Å². The third-order valence-electron chi connectivity index (χ3n) is 3.24. The van der Waals surface area contributed by atoms with Gasteiger partial charge in [0, 0.05) is 30.3 Å². The van der Waals surface area contributed by atoms with Gasteiger partial charge in [0.25, 0.3) is 0 Å². The molecule has 7 heteroatoms. The summed E-state index contributed by atoms with van der Waals surface area (Å²) < 4.78 is 43.5. The molecule has 0 fully saturated rings. The molecule has 0 bridgehead atoms. The van der Waals surface area contributed by atoms with Gasteiger partial charge < -0.3 is 10.5 Å². The van der Waals surface area contributed by atoms with Gasteiger partial charge in [-0.1, -0.05) is 18.2 Å². The normalized spacial score (nSPS) is 11.7. The Kier molecular flexibility index (Phi) is 3.87. The number of rotatable bonds is 3. The average molecular weight is 319 g/mol. The first-order valence-electron chi connectivity index (χ1n) is 6.77. The predicted octanol–water partition coefficient (Wildman–Crippen LogP) is 3.90. The van der Waals surface area contributed by atoms with Crippen LogP contribution < -0.4 is 10.5 Å². The van der Waals surface area contributed by atoms with Crippen molar-refractivity contribution in [3.05, 3.63) is 59.9 Å². The van der Waals surface area contributed by atoms with E-state index < -0.39 is 11.9 Å². The van der Waals surface area contributed by atoms with E-state index in [9.17, 15) is 13.2 Å². The molecule has 3 aromatic rings. The Hall–Kier alpha value is -2.67. The van der Waals surface area contributed by atoms with Gasteiger partial charge in [-0.25, -0.2) is 4.98 Å². The number of nitrogens with zero attached hydrogens (tertiary/aromatic N) is 2. The number of nitrogens with two attached hydrogens (primary N) is 1. The second kappa shape index (κ2) is 5.85. The third-order valence-corrected chi connectivity index (χ3v) is 3.24. The Balaban J connectivity index is 1.99. The molecule has 118 valence electrons. The van der Waals surface area contributed by atoms with Crippen molar-refractivity contribution in [2.75, 3.05) is 0 Å². The zero-order valence-corrected chi connectivity index (χ0v) is 11.8. The molecule has 0 spiro atoms. The predicted molar refractivity (Wildman–Crippen MR) is 78.9 cm³/mol. The van der Waals surface area contributed by atoms with Crippen molar-refractivity contribution in [3.63, 3.8) is 0 Å². The molecule has 0 atom stereocenters. The lowest BCUT2D eigenvalue weighted by atomic mass is 10.1. The molecule has 4 nitrogen and oxygen atoms in total. The van der Waals surface area contributed by atoms with Crippen LogP contribution in [0, 0.1) is 0 Å². The number of pyridine rings is 2. The molecule has 0 aliphatic rings. The zero-order valence-electron chi connectivity index (χ0n) is 11.8. The molecule has 3 rings (SSSR count). The molecule has 2 aromatic heterocycles. The highest BCUT2D eigenvalue weighted by atomic mass is 19.4. The Morgan fingerprint density at radius 3 is 2.61 bits per heavy atom. The topological polar surface area (TPSA) is 61.0 Å². The number of aromatic nitrogens is 2. The fraction of sp³-hybridized carbons (Fsp3) is 0.125. The maximum Gasteiger partial charge on any atom is 0.433 e. The highest BCUT2D eigenvalue weighted by molar-refractivity contribution is 5.82. The molecule has 2 heterocycles. The molecule has 0 aliphatic carbocycles. The van der Waals surface area contributed by atoms with Gasteiger partial charge in [0.2, 0.25) is 5.88 Å². The summed E-state index contributed by atoms with van der Waals surface area (Å²) in [5, 5.41) is 0.882. The summed E-state index contributed by atoms with van der Waals surface area (Å²) in [7, 11) is 0. The molecule has 0 radical (unpaired) electrons. The van der Waals surface area contributed by atoms with Crippen molar-refractivity contribution in [1.29, 1.82) is 0 Å². The first-order chi connectivity index (χ1) is 11.0. The first-order valence-corrected chi connectivity index (χ1v) is 6.77. The Bertz CT molecular complexity index is 849. The standard InChI is InChI=1S/C16H12F3N3O/c17-16(18,19)14-8-11(5-6-21-14)23-15-7-10(9-20)12-3-1-2-4-13(12)22-15/h1-8H,9,20H2. The number of benzene rings is 1. The van der Waals surface area contributed by atoms with E-state index in [0.29, 0.717) is 5.52 Å². The van der Waals surface area contributed by atoms with E-state index in [2.05, 4.69) is 9.97 Å². The van der Waals surface area contributed by atoms with Gasteiger partial charge in [0.1, 0.15) is 11.4 Å². The molecule has 0 unspecified atom stereocenters. The van der Waals surface area contributed by atoms with Crippen molar-refractivity contribution in [3.8, 4) is 11.6 Å². The van der Waals surface area contributed by atoms with Crippen LogP contribution in [0.1, 0.15) is 11.3 Å². The summed E-state index contributed by atoms with van der Waals surface area (Å²) >= 11 is 0. The first kappa shape index (κ1) is 15.2. The average Bonchev–Trinajstić information content (AvgIpc) is 2.53. The van der Waals surface area contributed by atoms with Gasteiger partial charge in [-0.15, -0.1) is 0 Å². The lowest BCUT2D eigenvalue weighted by Gasteiger charge is -2.11. The van der Waals surface area contributed by atoms with E-state index in [-0.39, 0.29) is 18.2 Å². The number of fused-ring (bicyclic) bond motifs is 1. The summed E-state index contributed by atoms with van der Waals surface area (Å²) in [4.78, 5) is 7.58. The van der Waals surface area contributed by atoms with E-state index in [1.807, 2.05) is 18.2 Å². The lowest BCUT2D eigenvalue weighted by Crippen LogP contribution is -2.07. The van der Waals surface area contributed by atoms with E-state index in [0.717, 1.165) is 23.2 Å². The highest BCUT2D eigenvalue weighted by Crippen LogP contribution is 2.31. The molecule has 23 heavy (non-hydrogen) atoms. The number of halogens is 3. The van der Waals surface area contributed by atoms with Gasteiger partial charge in [0.05, 0.1) is 5.52 Å². The van der Waals surface area contributed by atoms with E-state index >= 15 is 0 Å². The maximum atomic E-state index is 12.7. The van der Waals surface area contributed by atoms with Crippen LogP contribution in [0.3, 0.4) is 0 Å². The zero-order chi connectivity index (χ0) is 16.4. The number of ether oxygens (including phenoxy) is 1. The molecule has 0 aliphatic heterocycles. The molecule has 2 N–H and O–H groups in total. The third kappa shape index (κ3) is 3.24. The van der Waals surface area contributed by atoms with Crippen molar-refractivity contribution >= 4 is 10.9 Å². The monoisotopic (exact) mass is 319 g/mol. The molecule has 0 saturated heterocycles. The largest absolute Gasteiger partial charge is 0.439 e. The Morgan fingerprint density at radius 2 is 1.87 bits per heavy atom. The lowest BCUT2D eigenvalue weighted by molar-refractivity contribution is -0.141. The van der Waals surface area contributed by atoms with E-state index in [1.54, 1.807) is 12.1 Å². The van der Waals surface area contributed by atoms with Gasteiger partial charge >= 0.3 is 6.18 Å². The second-order valence-corrected chi connectivity index (χ2v) is 4.82. The summed E-state index contributed by atoms with van der Waals surface area (Å²) in [6.45, 7) is 0.267. The number of hydrogen-bond donors (Lipinski definition) is 1. The van der Waals surface area contributed by atoms with Crippen molar-refractivity contribution < 1.29 is 17.9 Å². The summed E-state index contributed by atoms with van der Waals surface area (Å²) in [6.07, 6.45) is -3.48. The molecular weight excluding hydrogens is 307 g/mol. The minimum absolute atomic E-state index is 0.0121. The molecular formula is C16H12F3N3O. The van der Waals surface area contributed by atoms with Crippen LogP contribution in [-0.2, 0) is 12.7 Å². The van der Waals surface area contributed by atoms with E-state index in [4.69, 9.17) is 10.5 Å². The van der Waals surface area contributed by atoms with Crippen LogP contribution in [0.25, 0.3) is 10.9 Å². The summed E-state index contributed by atoms with van der Waals surface area (Å²) in [5.41, 5.74) is 6.16. The number of alkyl halides is 3. The Morgan fingerprint density at radius 1 is 1.09 bits per heavy atom. The fourth-order valence-electron chi connectivity index (χ4n) is 2.19. The van der Waals surface area contributed by atoms with Crippen molar-refractivity contribution in [2.45, 2.75) is 12.7 Å². The minimum atomic E-state index is -4.53. The van der Waals surface area contributed by atoms with Gasteiger partial charge in [-0.2, -0.15) is 13.2 Å². The second-order valence-electron chi connectivity index (χ2n) is 4.82. The van der Waals surface area contributed by atoms with Gasteiger partial charge in [0.15, 0.2) is 0 Å². The quantitative estimate of drug-likeness (QED) is 0.795. The highest BCUT2D eigenvalue weighted by Gasteiger charge is 2.32. The number of hydrogen-bond acceptors (Lipinski definition) is 4. The van der Waals surface area contributed by atoms with Crippen LogP contribution in [-0.4, -0.2) is 9.97 Å². The molecule has 0 saturated carbocycles. The van der Waals surface area contributed by atoms with Crippen LogP contribution >= 0.6 is 0 Å². The van der Waals surface area contributed by atoms with Crippen LogP contribution in [0.2, 0.25) is 0 Å².